The summed E-state index contributed by atoms with van der Waals surface area (Å²) in [6.07, 6.45) is 1.06. The first-order valence-corrected chi connectivity index (χ1v) is 10.6. The normalized spacial score (nSPS) is 12.3. The van der Waals surface area contributed by atoms with Gasteiger partial charge in [0.05, 0.1) is 16.3 Å². The minimum Gasteiger partial charge on any atom is -0.479 e. The van der Waals surface area contributed by atoms with Crippen molar-refractivity contribution in [2.24, 2.45) is 5.10 Å². The van der Waals surface area contributed by atoms with Gasteiger partial charge >= 0.3 is 0 Å². The van der Waals surface area contributed by atoms with Gasteiger partial charge in [0, 0.05) is 5.52 Å². The molecule has 0 aliphatic rings. The van der Waals surface area contributed by atoms with Gasteiger partial charge in [-0.1, -0.05) is 55.5 Å². The van der Waals surface area contributed by atoms with E-state index in [2.05, 4.69) is 31.4 Å². The van der Waals surface area contributed by atoms with Crippen molar-refractivity contribution in [2.75, 3.05) is 0 Å². The molecule has 1 atom stereocenters. The number of H-pyrrole nitrogens is 1. The molecule has 4 aromatic rings. The van der Waals surface area contributed by atoms with Crippen LogP contribution >= 0.6 is 15.9 Å². The van der Waals surface area contributed by atoms with E-state index in [4.69, 9.17) is 4.74 Å². The monoisotopic (exact) mass is 477 g/mol. The molecule has 0 unspecified atom stereocenters. The van der Waals surface area contributed by atoms with Crippen LogP contribution in [0.4, 0.5) is 0 Å². The summed E-state index contributed by atoms with van der Waals surface area (Å²) in [5, 5.41) is 6.91. The number of carbonyl (C=O) groups is 1. The molecule has 3 aromatic carbocycles. The predicted molar refractivity (Wildman–Crippen MR) is 127 cm³/mol. The fourth-order valence-corrected chi connectivity index (χ4v) is 3.86. The lowest BCUT2D eigenvalue weighted by atomic mass is 10.1. The molecule has 1 heterocycles. The maximum Gasteiger partial charge on any atom is 0.281 e. The number of halogens is 1. The number of hydrogen-bond donors (Lipinski definition) is 2. The molecule has 6 nitrogen and oxygen atoms in total. The second-order valence-corrected chi connectivity index (χ2v) is 7.78. The van der Waals surface area contributed by atoms with E-state index < -0.39 is 12.0 Å². The first-order valence-electron chi connectivity index (χ1n) is 9.85. The van der Waals surface area contributed by atoms with E-state index in [1.165, 1.54) is 6.21 Å². The van der Waals surface area contributed by atoms with Gasteiger partial charge in [-0.15, -0.1) is 0 Å². The molecule has 0 radical (unpaired) electrons. The number of fused-ring (bicyclic) bond motifs is 2. The molecule has 1 amide bonds. The molecule has 0 saturated heterocycles. The first kappa shape index (κ1) is 20.8. The third kappa shape index (κ3) is 4.51. The Balaban J connectivity index is 1.48. The highest BCUT2D eigenvalue weighted by molar-refractivity contribution is 9.10. The highest BCUT2D eigenvalue weighted by atomic mass is 79.9. The average Bonchev–Trinajstić information content (AvgIpc) is 2.79. The molecule has 0 fully saturated rings. The maximum atomic E-state index is 12.6. The highest BCUT2D eigenvalue weighted by Crippen LogP contribution is 2.33. The topological polar surface area (TPSA) is 83.5 Å². The summed E-state index contributed by atoms with van der Waals surface area (Å²) in [6.45, 7) is 1.86. The van der Waals surface area contributed by atoms with E-state index in [0.29, 0.717) is 17.7 Å². The van der Waals surface area contributed by atoms with Crippen LogP contribution < -0.4 is 15.7 Å². The SMILES string of the molecule is CC[C@@H](Oc1ccc2ccccc2c1Br)C(=O)N/N=C\c1cc2ccccc2[nH]c1=O. The summed E-state index contributed by atoms with van der Waals surface area (Å²) in [7, 11) is 0. The molecule has 0 saturated carbocycles. The summed E-state index contributed by atoms with van der Waals surface area (Å²) < 4.78 is 6.74. The van der Waals surface area contributed by atoms with Gasteiger partial charge in [0.15, 0.2) is 6.10 Å². The number of para-hydroxylation sites is 1. The summed E-state index contributed by atoms with van der Waals surface area (Å²) >= 11 is 3.58. The molecule has 0 bridgehead atoms. The Labute approximate surface area is 187 Å². The number of nitrogens with one attached hydrogen (secondary N) is 2. The summed E-state index contributed by atoms with van der Waals surface area (Å²) in [4.78, 5) is 27.6. The van der Waals surface area contributed by atoms with E-state index >= 15 is 0 Å². The van der Waals surface area contributed by atoms with Crippen molar-refractivity contribution in [1.82, 2.24) is 10.4 Å². The van der Waals surface area contributed by atoms with E-state index in [0.717, 1.165) is 26.1 Å². The van der Waals surface area contributed by atoms with Gasteiger partial charge in [-0.2, -0.15) is 5.10 Å². The minimum absolute atomic E-state index is 0.278. The zero-order valence-electron chi connectivity index (χ0n) is 16.8. The Morgan fingerprint density at radius 1 is 1.13 bits per heavy atom. The largest absolute Gasteiger partial charge is 0.479 e. The van der Waals surface area contributed by atoms with Gasteiger partial charge in [-0.05, 0) is 56.7 Å². The average molecular weight is 478 g/mol. The lowest BCUT2D eigenvalue weighted by molar-refractivity contribution is -0.128. The van der Waals surface area contributed by atoms with E-state index in [1.54, 1.807) is 6.07 Å². The summed E-state index contributed by atoms with van der Waals surface area (Å²) in [6, 6.07) is 20.9. The fraction of sp³-hybridized carbons (Fsp3) is 0.125. The van der Waals surface area contributed by atoms with Crippen LogP contribution in [0.2, 0.25) is 0 Å². The molecule has 31 heavy (non-hydrogen) atoms. The van der Waals surface area contributed by atoms with Gasteiger partial charge in [-0.25, -0.2) is 5.43 Å². The second-order valence-electron chi connectivity index (χ2n) is 6.99. The van der Waals surface area contributed by atoms with E-state index in [9.17, 15) is 9.59 Å². The van der Waals surface area contributed by atoms with E-state index in [-0.39, 0.29) is 5.56 Å². The van der Waals surface area contributed by atoms with Crippen molar-refractivity contribution in [3.05, 3.63) is 87.1 Å². The molecule has 7 heteroatoms. The quantitative estimate of drug-likeness (QED) is 0.310. The van der Waals surface area contributed by atoms with Crippen LogP contribution in [0.1, 0.15) is 18.9 Å². The van der Waals surface area contributed by atoms with Crippen LogP contribution in [0.15, 0.2) is 81.1 Å². The molecule has 1 aromatic heterocycles. The molecule has 156 valence electrons. The Hall–Kier alpha value is -3.45. The molecule has 0 spiro atoms. The van der Waals surface area contributed by atoms with Crippen molar-refractivity contribution in [3.63, 3.8) is 0 Å². The number of ether oxygens (including phenoxy) is 1. The van der Waals surface area contributed by atoms with Crippen LogP contribution in [0.5, 0.6) is 5.75 Å². The zero-order valence-corrected chi connectivity index (χ0v) is 18.3. The lowest BCUT2D eigenvalue weighted by Crippen LogP contribution is -2.35. The number of aromatic amines is 1. The number of benzene rings is 3. The number of carbonyl (C=O) groups excluding carboxylic acids is 1. The van der Waals surface area contributed by atoms with Crippen molar-refractivity contribution in [3.8, 4) is 5.75 Å². The van der Waals surface area contributed by atoms with Crippen molar-refractivity contribution in [1.29, 1.82) is 0 Å². The van der Waals surface area contributed by atoms with Crippen LogP contribution in [0.3, 0.4) is 0 Å². The Bertz CT molecular complexity index is 1350. The molecular weight excluding hydrogens is 458 g/mol. The lowest BCUT2D eigenvalue weighted by Gasteiger charge is -2.17. The number of amides is 1. The summed E-state index contributed by atoms with van der Waals surface area (Å²) in [5.41, 5.74) is 3.29. The molecule has 2 N–H and O–H groups in total. The van der Waals surface area contributed by atoms with Crippen molar-refractivity contribution < 1.29 is 9.53 Å². The minimum atomic E-state index is -0.732. The number of aromatic nitrogens is 1. The Morgan fingerprint density at radius 3 is 2.68 bits per heavy atom. The molecule has 0 aliphatic carbocycles. The van der Waals surface area contributed by atoms with Gasteiger partial charge in [0.2, 0.25) is 0 Å². The summed E-state index contributed by atoms with van der Waals surface area (Å²) in [5.74, 6) is 0.187. The second kappa shape index (κ2) is 9.14. The van der Waals surface area contributed by atoms with Crippen LogP contribution in [0.25, 0.3) is 21.7 Å². The third-order valence-corrected chi connectivity index (χ3v) is 5.74. The zero-order chi connectivity index (χ0) is 21.8. The number of hydrazone groups is 1. The molecule has 0 aliphatic heterocycles. The molecule has 4 rings (SSSR count). The number of pyridine rings is 1. The van der Waals surface area contributed by atoms with E-state index in [1.807, 2.05) is 67.6 Å². The first-order chi connectivity index (χ1) is 15.1. The van der Waals surface area contributed by atoms with Gasteiger partial charge < -0.3 is 9.72 Å². The van der Waals surface area contributed by atoms with Crippen LogP contribution in [-0.2, 0) is 4.79 Å². The smallest absolute Gasteiger partial charge is 0.281 e. The Kier molecular flexibility index (Phi) is 6.13. The van der Waals surface area contributed by atoms with Crippen LogP contribution in [0, 0.1) is 0 Å². The fourth-order valence-electron chi connectivity index (χ4n) is 3.28. The maximum absolute atomic E-state index is 12.6. The highest BCUT2D eigenvalue weighted by Gasteiger charge is 2.19. The Morgan fingerprint density at radius 2 is 1.87 bits per heavy atom. The van der Waals surface area contributed by atoms with Crippen LogP contribution in [-0.4, -0.2) is 23.2 Å². The molecular formula is C24H20BrN3O3. The number of nitrogens with zero attached hydrogens (tertiary/aromatic N) is 1. The van der Waals surface area contributed by atoms with Crippen molar-refractivity contribution in [2.45, 2.75) is 19.4 Å². The standard InChI is InChI=1S/C24H20BrN3O3/c1-2-20(31-21-12-11-15-7-3-5-9-18(15)22(21)25)24(30)28-26-14-17-13-16-8-4-6-10-19(16)27-23(17)29/h3-14,20H,2H2,1H3,(H,27,29)(H,28,30)/b26-14-/t20-/m1/s1. The van der Waals surface area contributed by atoms with Crippen molar-refractivity contribution >= 4 is 49.7 Å². The number of rotatable bonds is 6. The number of hydrogen-bond acceptors (Lipinski definition) is 4. The third-order valence-electron chi connectivity index (χ3n) is 4.92. The van der Waals surface area contributed by atoms with Gasteiger partial charge in [0.1, 0.15) is 5.75 Å². The predicted octanol–water partition coefficient (Wildman–Crippen LogP) is 4.75. The van der Waals surface area contributed by atoms with Gasteiger partial charge in [0.25, 0.3) is 11.5 Å². The van der Waals surface area contributed by atoms with Gasteiger partial charge in [-0.3, -0.25) is 9.59 Å².